The number of benzene rings is 2. The van der Waals surface area contributed by atoms with E-state index in [9.17, 15) is 0 Å². The molecule has 1 aromatic heterocycles. The highest BCUT2D eigenvalue weighted by Crippen LogP contribution is 2.30. The number of hydrogen-bond donors (Lipinski definition) is 2. The van der Waals surface area contributed by atoms with Crippen molar-refractivity contribution in [2.45, 2.75) is 38.1 Å². The van der Waals surface area contributed by atoms with Gasteiger partial charge in [0, 0.05) is 16.5 Å². The molecule has 0 atom stereocenters. The van der Waals surface area contributed by atoms with Crippen molar-refractivity contribution in [2.24, 2.45) is 0 Å². The summed E-state index contributed by atoms with van der Waals surface area (Å²) in [4.78, 5) is 8.86. The summed E-state index contributed by atoms with van der Waals surface area (Å²) in [6, 6.07) is 14.5. The van der Waals surface area contributed by atoms with E-state index in [0.29, 0.717) is 12.0 Å². The summed E-state index contributed by atoms with van der Waals surface area (Å²) < 4.78 is 0. The Kier molecular flexibility index (Phi) is 4.45. The third kappa shape index (κ3) is 3.54. The van der Waals surface area contributed by atoms with Crippen LogP contribution in [0.4, 0.5) is 11.8 Å². The van der Waals surface area contributed by atoms with Crippen LogP contribution in [0.2, 0.25) is 5.02 Å². The van der Waals surface area contributed by atoms with Gasteiger partial charge in [0.15, 0.2) is 0 Å². The van der Waals surface area contributed by atoms with Crippen LogP contribution in [0.3, 0.4) is 0 Å². The SMILES string of the molecule is Nc1nc(NC2CCCCC2)c2cc(-c3ccc(Cl)cc3)ccc2n1. The minimum absolute atomic E-state index is 0.310. The summed E-state index contributed by atoms with van der Waals surface area (Å²) in [6.07, 6.45) is 6.23. The van der Waals surface area contributed by atoms with Gasteiger partial charge in [0.1, 0.15) is 5.82 Å². The molecule has 1 heterocycles. The molecule has 0 amide bonds. The Morgan fingerprint density at radius 1 is 0.920 bits per heavy atom. The van der Waals surface area contributed by atoms with E-state index in [1.807, 2.05) is 30.3 Å². The fourth-order valence-electron chi connectivity index (χ4n) is 3.52. The number of hydrogen-bond acceptors (Lipinski definition) is 4. The third-order valence-corrected chi connectivity index (χ3v) is 5.09. The van der Waals surface area contributed by atoms with Gasteiger partial charge in [-0.1, -0.05) is 49.1 Å². The predicted octanol–water partition coefficient (Wildman–Crippen LogP) is 5.28. The van der Waals surface area contributed by atoms with Crippen molar-refractivity contribution in [3.63, 3.8) is 0 Å². The highest BCUT2D eigenvalue weighted by Gasteiger charge is 2.16. The molecule has 0 radical (unpaired) electrons. The quantitative estimate of drug-likeness (QED) is 0.673. The van der Waals surface area contributed by atoms with Crippen LogP contribution in [0, 0.1) is 0 Å². The number of fused-ring (bicyclic) bond motifs is 1. The van der Waals surface area contributed by atoms with Crippen LogP contribution >= 0.6 is 11.6 Å². The Hall–Kier alpha value is -2.33. The minimum atomic E-state index is 0.310. The summed E-state index contributed by atoms with van der Waals surface area (Å²) >= 11 is 6.00. The lowest BCUT2D eigenvalue weighted by atomic mass is 9.95. The van der Waals surface area contributed by atoms with Crippen LogP contribution < -0.4 is 11.1 Å². The number of aromatic nitrogens is 2. The molecule has 128 valence electrons. The lowest BCUT2D eigenvalue weighted by Gasteiger charge is -2.24. The van der Waals surface area contributed by atoms with Gasteiger partial charge < -0.3 is 11.1 Å². The van der Waals surface area contributed by atoms with Crippen molar-refractivity contribution in [1.82, 2.24) is 9.97 Å². The fraction of sp³-hybridized carbons (Fsp3) is 0.300. The van der Waals surface area contributed by atoms with E-state index in [2.05, 4.69) is 27.4 Å². The molecule has 1 aliphatic carbocycles. The molecule has 4 rings (SSSR count). The first-order valence-corrected chi connectivity index (χ1v) is 9.16. The van der Waals surface area contributed by atoms with E-state index in [1.54, 1.807) is 0 Å². The zero-order chi connectivity index (χ0) is 17.2. The van der Waals surface area contributed by atoms with Crippen molar-refractivity contribution in [3.05, 3.63) is 47.5 Å². The normalized spacial score (nSPS) is 15.4. The van der Waals surface area contributed by atoms with Crippen LogP contribution in [0.15, 0.2) is 42.5 Å². The second-order valence-corrected chi connectivity index (χ2v) is 7.08. The molecule has 3 aromatic rings. The number of anilines is 2. The number of halogens is 1. The standard InChI is InChI=1S/C20H21ClN4/c21-15-9-6-13(7-10-15)14-8-11-18-17(12-14)19(25-20(22)24-18)23-16-4-2-1-3-5-16/h6-12,16H,1-5H2,(H3,22,23,24,25). The number of nitrogens with zero attached hydrogens (tertiary/aromatic N) is 2. The number of nitrogens with two attached hydrogens (primary N) is 1. The van der Waals surface area contributed by atoms with E-state index >= 15 is 0 Å². The average Bonchev–Trinajstić information content (AvgIpc) is 2.63. The maximum atomic E-state index is 6.00. The number of nitrogen functional groups attached to an aromatic ring is 1. The molecule has 0 unspecified atom stereocenters. The molecular weight excluding hydrogens is 332 g/mol. The van der Waals surface area contributed by atoms with Crippen molar-refractivity contribution >= 4 is 34.3 Å². The van der Waals surface area contributed by atoms with Gasteiger partial charge in [0.25, 0.3) is 0 Å². The molecule has 25 heavy (non-hydrogen) atoms. The summed E-state index contributed by atoms with van der Waals surface area (Å²) in [6.45, 7) is 0. The summed E-state index contributed by atoms with van der Waals surface area (Å²) in [5.41, 5.74) is 9.02. The van der Waals surface area contributed by atoms with Crippen molar-refractivity contribution < 1.29 is 0 Å². The van der Waals surface area contributed by atoms with Gasteiger partial charge in [-0.05, 0) is 48.2 Å². The lowest BCUT2D eigenvalue weighted by Crippen LogP contribution is -2.23. The third-order valence-electron chi connectivity index (χ3n) is 4.84. The van der Waals surface area contributed by atoms with Crippen LogP contribution in [-0.4, -0.2) is 16.0 Å². The molecular formula is C20H21ClN4. The molecule has 1 saturated carbocycles. The maximum absolute atomic E-state index is 6.00. The first-order chi connectivity index (χ1) is 12.2. The Morgan fingerprint density at radius 3 is 2.40 bits per heavy atom. The van der Waals surface area contributed by atoms with Gasteiger partial charge >= 0.3 is 0 Å². The van der Waals surface area contributed by atoms with Crippen molar-refractivity contribution in [2.75, 3.05) is 11.1 Å². The number of nitrogens with one attached hydrogen (secondary N) is 1. The highest BCUT2D eigenvalue weighted by atomic mass is 35.5. The largest absolute Gasteiger partial charge is 0.368 e. The smallest absolute Gasteiger partial charge is 0.222 e. The van der Waals surface area contributed by atoms with Gasteiger partial charge in [-0.2, -0.15) is 4.98 Å². The topological polar surface area (TPSA) is 63.8 Å². The Balaban J connectivity index is 1.75. The van der Waals surface area contributed by atoms with E-state index < -0.39 is 0 Å². The first-order valence-electron chi connectivity index (χ1n) is 8.79. The Labute approximate surface area is 152 Å². The molecule has 0 aliphatic heterocycles. The van der Waals surface area contributed by atoms with Crippen LogP contribution in [0.25, 0.3) is 22.0 Å². The van der Waals surface area contributed by atoms with E-state index in [0.717, 1.165) is 32.9 Å². The van der Waals surface area contributed by atoms with Crippen LogP contribution in [-0.2, 0) is 0 Å². The predicted molar refractivity (Wildman–Crippen MR) is 105 cm³/mol. The molecule has 0 bridgehead atoms. The first kappa shape index (κ1) is 16.2. The fourth-order valence-corrected chi connectivity index (χ4v) is 3.64. The maximum Gasteiger partial charge on any atom is 0.222 e. The van der Waals surface area contributed by atoms with Gasteiger partial charge in [-0.3, -0.25) is 0 Å². The van der Waals surface area contributed by atoms with Gasteiger partial charge in [-0.25, -0.2) is 4.98 Å². The molecule has 0 spiro atoms. The molecule has 5 heteroatoms. The minimum Gasteiger partial charge on any atom is -0.368 e. The lowest BCUT2D eigenvalue weighted by molar-refractivity contribution is 0.462. The molecule has 0 saturated heterocycles. The van der Waals surface area contributed by atoms with Crippen molar-refractivity contribution in [1.29, 1.82) is 0 Å². The molecule has 2 aromatic carbocycles. The zero-order valence-electron chi connectivity index (χ0n) is 14.0. The number of rotatable bonds is 3. The molecule has 3 N–H and O–H groups in total. The monoisotopic (exact) mass is 352 g/mol. The summed E-state index contributed by atoms with van der Waals surface area (Å²) in [7, 11) is 0. The average molecular weight is 353 g/mol. The Bertz CT molecular complexity index is 886. The zero-order valence-corrected chi connectivity index (χ0v) is 14.8. The van der Waals surface area contributed by atoms with Gasteiger partial charge in [-0.15, -0.1) is 0 Å². The molecule has 4 nitrogen and oxygen atoms in total. The van der Waals surface area contributed by atoms with E-state index in [-0.39, 0.29) is 0 Å². The summed E-state index contributed by atoms with van der Waals surface area (Å²) in [5, 5.41) is 5.34. The second kappa shape index (κ2) is 6.89. The van der Waals surface area contributed by atoms with Gasteiger partial charge in [0.05, 0.1) is 5.52 Å². The van der Waals surface area contributed by atoms with Gasteiger partial charge in [0.2, 0.25) is 5.95 Å². The summed E-state index contributed by atoms with van der Waals surface area (Å²) in [5.74, 6) is 1.15. The second-order valence-electron chi connectivity index (χ2n) is 6.65. The van der Waals surface area contributed by atoms with Crippen molar-refractivity contribution in [3.8, 4) is 11.1 Å². The van der Waals surface area contributed by atoms with E-state index in [1.165, 1.54) is 32.1 Å². The van der Waals surface area contributed by atoms with Crippen LogP contribution in [0.5, 0.6) is 0 Å². The molecule has 1 aliphatic rings. The Morgan fingerprint density at radius 2 is 1.64 bits per heavy atom. The highest BCUT2D eigenvalue weighted by molar-refractivity contribution is 6.30. The van der Waals surface area contributed by atoms with E-state index in [4.69, 9.17) is 17.3 Å². The van der Waals surface area contributed by atoms with Crippen LogP contribution in [0.1, 0.15) is 32.1 Å². The molecule has 1 fully saturated rings.